The molecule has 172 valence electrons. The van der Waals surface area contributed by atoms with Crippen molar-refractivity contribution in [3.05, 3.63) is 59.8 Å². The molecule has 2 heterocycles. The molecule has 0 radical (unpaired) electrons. The second-order valence-corrected chi connectivity index (χ2v) is 9.08. The van der Waals surface area contributed by atoms with Gasteiger partial charge in [-0.2, -0.15) is 0 Å². The van der Waals surface area contributed by atoms with Crippen LogP contribution in [0, 0.1) is 0 Å². The standard InChI is InChI=1S/C26H30ClN5O/c27-22-18-29-25(19-7-3-1-4-8-19)31-26(22)30-23-12-11-20(32-15-13-28-14-16-32)17-24(23)33-21-9-5-2-6-10-21/h1,3-4,7-8,11-12,17-18,21,28H,2,5-6,9-10,13-16H2,(H,29,30,31). The van der Waals surface area contributed by atoms with Crippen LogP contribution in [0.1, 0.15) is 32.1 Å². The summed E-state index contributed by atoms with van der Waals surface area (Å²) in [5.74, 6) is 2.07. The number of piperazine rings is 1. The Morgan fingerprint density at radius 2 is 1.79 bits per heavy atom. The molecule has 33 heavy (non-hydrogen) atoms. The highest BCUT2D eigenvalue weighted by Crippen LogP contribution is 2.36. The van der Waals surface area contributed by atoms with Crippen LogP contribution in [0.5, 0.6) is 5.75 Å². The maximum Gasteiger partial charge on any atom is 0.161 e. The third kappa shape index (κ3) is 5.40. The number of rotatable bonds is 6. The van der Waals surface area contributed by atoms with Crippen LogP contribution in [0.25, 0.3) is 11.4 Å². The molecule has 1 aliphatic heterocycles. The smallest absolute Gasteiger partial charge is 0.161 e. The Hall–Kier alpha value is -2.83. The lowest BCUT2D eigenvalue weighted by molar-refractivity contribution is 0.156. The van der Waals surface area contributed by atoms with E-state index in [2.05, 4.69) is 38.7 Å². The zero-order valence-electron chi connectivity index (χ0n) is 18.8. The van der Waals surface area contributed by atoms with Crippen molar-refractivity contribution in [3.8, 4) is 17.1 Å². The lowest BCUT2D eigenvalue weighted by atomic mass is 9.98. The minimum atomic E-state index is 0.248. The van der Waals surface area contributed by atoms with Gasteiger partial charge in [0.2, 0.25) is 0 Å². The van der Waals surface area contributed by atoms with Crippen LogP contribution >= 0.6 is 11.6 Å². The predicted octanol–water partition coefficient (Wildman–Crippen LogP) is 5.66. The summed E-state index contributed by atoms with van der Waals surface area (Å²) >= 11 is 6.49. The lowest BCUT2D eigenvalue weighted by Gasteiger charge is -2.31. The fraction of sp³-hybridized carbons (Fsp3) is 0.385. The van der Waals surface area contributed by atoms with Gasteiger partial charge in [0.25, 0.3) is 0 Å². The van der Waals surface area contributed by atoms with E-state index in [9.17, 15) is 0 Å². The first-order chi connectivity index (χ1) is 16.3. The van der Waals surface area contributed by atoms with Crippen molar-refractivity contribution in [2.75, 3.05) is 36.4 Å². The third-order valence-corrected chi connectivity index (χ3v) is 6.60. The van der Waals surface area contributed by atoms with E-state index >= 15 is 0 Å². The molecule has 0 bridgehead atoms. The average Bonchev–Trinajstić information content (AvgIpc) is 2.88. The fourth-order valence-corrected chi connectivity index (χ4v) is 4.64. The van der Waals surface area contributed by atoms with Gasteiger partial charge in [-0.05, 0) is 37.8 Å². The molecule has 0 atom stereocenters. The molecule has 1 saturated carbocycles. The van der Waals surface area contributed by atoms with Crippen LogP contribution in [0.2, 0.25) is 5.02 Å². The van der Waals surface area contributed by atoms with Crippen LogP contribution in [-0.4, -0.2) is 42.3 Å². The van der Waals surface area contributed by atoms with Crippen molar-refractivity contribution in [2.45, 2.75) is 38.2 Å². The maximum absolute atomic E-state index is 6.55. The molecule has 3 aromatic rings. The number of hydrogen-bond acceptors (Lipinski definition) is 6. The van der Waals surface area contributed by atoms with Crippen molar-refractivity contribution in [2.24, 2.45) is 0 Å². The van der Waals surface area contributed by atoms with Crippen LogP contribution in [0.4, 0.5) is 17.2 Å². The summed E-state index contributed by atoms with van der Waals surface area (Å²) in [6.07, 6.45) is 7.85. The lowest BCUT2D eigenvalue weighted by Crippen LogP contribution is -2.43. The van der Waals surface area contributed by atoms with Crippen molar-refractivity contribution >= 4 is 28.8 Å². The van der Waals surface area contributed by atoms with Gasteiger partial charge in [-0.25, -0.2) is 9.97 Å². The Balaban J connectivity index is 1.45. The summed E-state index contributed by atoms with van der Waals surface area (Å²) in [6, 6.07) is 16.3. The van der Waals surface area contributed by atoms with Gasteiger partial charge >= 0.3 is 0 Å². The first-order valence-electron chi connectivity index (χ1n) is 11.9. The Kier molecular flexibility index (Phi) is 6.93. The molecule has 7 heteroatoms. The fourth-order valence-electron chi connectivity index (χ4n) is 4.50. The Morgan fingerprint density at radius 3 is 2.58 bits per heavy atom. The van der Waals surface area contributed by atoms with Gasteiger partial charge in [-0.3, -0.25) is 0 Å². The number of anilines is 3. The molecule has 6 nitrogen and oxygen atoms in total. The van der Waals surface area contributed by atoms with Crippen LogP contribution in [0.3, 0.4) is 0 Å². The van der Waals surface area contributed by atoms with E-state index in [-0.39, 0.29) is 6.10 Å². The molecule has 2 aliphatic rings. The van der Waals surface area contributed by atoms with Crippen LogP contribution < -0.4 is 20.3 Å². The third-order valence-electron chi connectivity index (χ3n) is 6.32. The molecule has 1 aliphatic carbocycles. The minimum Gasteiger partial charge on any atom is -0.488 e. The number of nitrogens with one attached hydrogen (secondary N) is 2. The van der Waals surface area contributed by atoms with Crippen molar-refractivity contribution in [1.29, 1.82) is 0 Å². The summed E-state index contributed by atoms with van der Waals surface area (Å²) in [4.78, 5) is 11.5. The number of aromatic nitrogens is 2. The van der Waals surface area contributed by atoms with Gasteiger partial charge in [0, 0.05) is 43.5 Å². The van der Waals surface area contributed by atoms with Crippen LogP contribution in [-0.2, 0) is 0 Å². The van der Waals surface area contributed by atoms with Gasteiger partial charge in [-0.1, -0.05) is 48.4 Å². The van der Waals surface area contributed by atoms with Gasteiger partial charge < -0.3 is 20.3 Å². The van der Waals surface area contributed by atoms with Crippen molar-refractivity contribution in [3.63, 3.8) is 0 Å². The van der Waals surface area contributed by atoms with Gasteiger partial charge in [0.05, 0.1) is 18.0 Å². The van der Waals surface area contributed by atoms with Gasteiger partial charge in [0.1, 0.15) is 10.8 Å². The van der Waals surface area contributed by atoms with E-state index in [4.69, 9.17) is 21.3 Å². The quantitative estimate of drug-likeness (QED) is 0.491. The van der Waals surface area contributed by atoms with E-state index in [0.29, 0.717) is 16.7 Å². The summed E-state index contributed by atoms with van der Waals surface area (Å²) in [7, 11) is 0. The molecule has 0 amide bonds. The summed E-state index contributed by atoms with van der Waals surface area (Å²) < 4.78 is 6.55. The number of benzene rings is 2. The highest BCUT2D eigenvalue weighted by Gasteiger charge is 2.20. The first kappa shape index (κ1) is 22.0. The Morgan fingerprint density at radius 1 is 1.00 bits per heavy atom. The molecular weight excluding hydrogens is 434 g/mol. The normalized spacial score (nSPS) is 17.1. The van der Waals surface area contributed by atoms with Gasteiger partial charge in [-0.15, -0.1) is 0 Å². The van der Waals surface area contributed by atoms with E-state index in [1.54, 1.807) is 6.20 Å². The molecule has 2 N–H and O–H groups in total. The summed E-state index contributed by atoms with van der Waals surface area (Å²) in [6.45, 7) is 3.98. The Bertz CT molecular complexity index is 1070. The minimum absolute atomic E-state index is 0.248. The maximum atomic E-state index is 6.55. The van der Waals surface area contributed by atoms with E-state index < -0.39 is 0 Å². The van der Waals surface area contributed by atoms with E-state index in [1.165, 1.54) is 24.9 Å². The molecule has 2 fully saturated rings. The molecule has 0 spiro atoms. The van der Waals surface area contributed by atoms with Gasteiger partial charge in [0.15, 0.2) is 11.6 Å². The zero-order valence-corrected chi connectivity index (χ0v) is 19.5. The molecule has 0 unspecified atom stereocenters. The Labute approximate surface area is 200 Å². The average molecular weight is 464 g/mol. The molecule has 2 aromatic carbocycles. The number of halogens is 1. The SMILES string of the molecule is Clc1cnc(-c2ccccc2)nc1Nc1ccc(N2CCNCC2)cc1OC1CCCCC1. The second kappa shape index (κ2) is 10.4. The molecule has 1 aromatic heterocycles. The van der Waals surface area contributed by atoms with E-state index in [1.807, 2.05) is 30.3 Å². The topological polar surface area (TPSA) is 62.3 Å². The monoisotopic (exact) mass is 463 g/mol. The number of hydrogen-bond donors (Lipinski definition) is 2. The summed E-state index contributed by atoms with van der Waals surface area (Å²) in [5.41, 5.74) is 3.01. The molecule has 1 saturated heterocycles. The van der Waals surface area contributed by atoms with Crippen LogP contribution in [0.15, 0.2) is 54.7 Å². The molecule has 5 rings (SSSR count). The van der Waals surface area contributed by atoms with Crippen molar-refractivity contribution in [1.82, 2.24) is 15.3 Å². The summed E-state index contributed by atoms with van der Waals surface area (Å²) in [5, 5.41) is 7.33. The highest BCUT2D eigenvalue weighted by atomic mass is 35.5. The number of ether oxygens (including phenoxy) is 1. The first-order valence-corrected chi connectivity index (χ1v) is 12.3. The number of nitrogens with zero attached hydrogens (tertiary/aromatic N) is 3. The second-order valence-electron chi connectivity index (χ2n) is 8.68. The molecular formula is C26H30ClN5O. The van der Waals surface area contributed by atoms with Crippen molar-refractivity contribution < 1.29 is 4.74 Å². The highest BCUT2D eigenvalue weighted by molar-refractivity contribution is 6.33. The zero-order chi connectivity index (χ0) is 22.5. The largest absolute Gasteiger partial charge is 0.488 e. The predicted molar refractivity (Wildman–Crippen MR) is 135 cm³/mol. The van der Waals surface area contributed by atoms with E-state index in [0.717, 1.165) is 56.0 Å².